The summed E-state index contributed by atoms with van der Waals surface area (Å²) in [6, 6.07) is 5.26. The largest absolute Gasteiger partial charge is 0.467 e. The summed E-state index contributed by atoms with van der Waals surface area (Å²) in [7, 11) is 0. The minimum absolute atomic E-state index is 0.0628. The number of hydrogen-bond acceptors (Lipinski definition) is 3. The zero-order chi connectivity index (χ0) is 9.84. The monoisotopic (exact) mass is 180 g/mol. The molecule has 0 unspecified atom stereocenters. The fourth-order valence-electron chi connectivity index (χ4n) is 1.11. The Kier molecular flexibility index (Phi) is 3.03. The molecule has 0 spiro atoms. The van der Waals surface area contributed by atoms with Gasteiger partial charge in [0, 0.05) is 0 Å². The first-order chi connectivity index (χ1) is 6.15. The quantitative estimate of drug-likeness (QED) is 0.566. The van der Waals surface area contributed by atoms with Gasteiger partial charge in [0.2, 0.25) is 0 Å². The maximum atomic E-state index is 11.1. The van der Waals surface area contributed by atoms with Crippen LogP contribution in [0.15, 0.2) is 18.2 Å². The molecular weight excluding hydrogens is 168 g/mol. The molecule has 0 aliphatic carbocycles. The summed E-state index contributed by atoms with van der Waals surface area (Å²) in [6.07, 6.45) is 0. The zero-order valence-corrected chi connectivity index (χ0v) is 7.70. The van der Waals surface area contributed by atoms with E-state index in [0.29, 0.717) is 11.3 Å². The Labute approximate surface area is 77.0 Å². The molecule has 1 aromatic carbocycles. The molecule has 3 nitrogen and oxygen atoms in total. The molecule has 0 atom stereocenters. The van der Waals surface area contributed by atoms with Gasteiger partial charge in [0.15, 0.2) is 12.6 Å². The molecule has 0 radical (unpaired) electrons. The first-order valence-corrected chi connectivity index (χ1v) is 4.00. The van der Waals surface area contributed by atoms with Gasteiger partial charge in [-0.25, -0.2) is 0 Å². The van der Waals surface area contributed by atoms with E-state index in [1.165, 1.54) is 6.92 Å². The molecule has 0 saturated heterocycles. The van der Waals surface area contributed by atoms with Crippen LogP contribution in [-0.4, -0.2) is 17.7 Å². The van der Waals surface area contributed by atoms with E-state index >= 15 is 0 Å². The van der Waals surface area contributed by atoms with Crippen molar-refractivity contribution in [2.24, 2.45) is 0 Å². The van der Waals surface area contributed by atoms with Gasteiger partial charge in [-0.05, 0) is 26.0 Å². The Morgan fingerprint density at radius 1 is 1.54 bits per heavy atom. The number of aliphatic hydroxyl groups excluding tert-OH is 1. The fraction of sp³-hybridized carbons (Fsp3) is 0.300. The second-order valence-corrected chi connectivity index (χ2v) is 2.83. The molecule has 1 rings (SSSR count). The van der Waals surface area contributed by atoms with Gasteiger partial charge in [-0.2, -0.15) is 0 Å². The van der Waals surface area contributed by atoms with Gasteiger partial charge in [0.25, 0.3) is 0 Å². The molecule has 0 amide bonds. The van der Waals surface area contributed by atoms with Crippen LogP contribution in [0.3, 0.4) is 0 Å². The van der Waals surface area contributed by atoms with Gasteiger partial charge >= 0.3 is 0 Å². The van der Waals surface area contributed by atoms with Crippen LogP contribution in [0.25, 0.3) is 0 Å². The third kappa shape index (κ3) is 2.29. The van der Waals surface area contributed by atoms with Gasteiger partial charge in [0.1, 0.15) is 5.75 Å². The lowest BCUT2D eigenvalue weighted by Crippen LogP contribution is -2.02. The van der Waals surface area contributed by atoms with Crippen LogP contribution in [-0.2, 0) is 0 Å². The van der Waals surface area contributed by atoms with E-state index in [1.54, 1.807) is 12.1 Å². The molecule has 0 fully saturated rings. The number of carbonyl (C=O) groups excluding carboxylic acids is 1. The van der Waals surface area contributed by atoms with Crippen LogP contribution in [0, 0.1) is 6.92 Å². The number of benzene rings is 1. The number of Topliss-reactive ketones (excluding diaryl/α,β-unsaturated/α-hetero) is 1. The summed E-state index contributed by atoms with van der Waals surface area (Å²) in [5.74, 6) is 0.368. The number of aliphatic hydroxyl groups is 1. The summed E-state index contributed by atoms with van der Waals surface area (Å²) >= 11 is 0. The third-order valence-corrected chi connectivity index (χ3v) is 1.73. The molecule has 1 N–H and O–H groups in total. The minimum Gasteiger partial charge on any atom is -0.467 e. The average molecular weight is 180 g/mol. The molecule has 0 aromatic heterocycles. The Morgan fingerprint density at radius 2 is 2.23 bits per heavy atom. The second kappa shape index (κ2) is 4.05. The summed E-state index contributed by atoms with van der Waals surface area (Å²) in [6.45, 7) is 2.96. The van der Waals surface area contributed by atoms with Crippen LogP contribution < -0.4 is 4.74 Å². The van der Waals surface area contributed by atoms with Gasteiger partial charge in [-0.15, -0.1) is 0 Å². The molecule has 13 heavy (non-hydrogen) atoms. The number of ketones is 1. The van der Waals surface area contributed by atoms with Gasteiger partial charge in [-0.3, -0.25) is 4.79 Å². The van der Waals surface area contributed by atoms with Gasteiger partial charge in [0.05, 0.1) is 5.56 Å². The lowest BCUT2D eigenvalue weighted by Gasteiger charge is -2.07. The lowest BCUT2D eigenvalue weighted by molar-refractivity contribution is 0.0927. The molecule has 0 heterocycles. The van der Waals surface area contributed by atoms with E-state index in [4.69, 9.17) is 9.84 Å². The van der Waals surface area contributed by atoms with Crippen molar-refractivity contribution in [2.75, 3.05) is 6.79 Å². The highest BCUT2D eigenvalue weighted by Crippen LogP contribution is 2.20. The van der Waals surface area contributed by atoms with E-state index in [-0.39, 0.29) is 5.78 Å². The predicted molar refractivity (Wildman–Crippen MR) is 48.9 cm³/mol. The van der Waals surface area contributed by atoms with Crippen molar-refractivity contribution >= 4 is 5.78 Å². The van der Waals surface area contributed by atoms with E-state index in [0.717, 1.165) is 5.56 Å². The number of hydrogen-bond donors (Lipinski definition) is 1. The fourth-order valence-corrected chi connectivity index (χ4v) is 1.11. The Hall–Kier alpha value is -1.35. The molecular formula is C10H12O3. The first-order valence-electron chi connectivity index (χ1n) is 4.00. The van der Waals surface area contributed by atoms with E-state index in [2.05, 4.69) is 0 Å². The van der Waals surface area contributed by atoms with Crippen LogP contribution in [0.4, 0.5) is 0 Å². The third-order valence-electron chi connectivity index (χ3n) is 1.73. The van der Waals surface area contributed by atoms with E-state index < -0.39 is 6.79 Å². The Balaban J connectivity index is 3.10. The van der Waals surface area contributed by atoms with Crippen molar-refractivity contribution in [2.45, 2.75) is 13.8 Å². The van der Waals surface area contributed by atoms with Crippen molar-refractivity contribution in [1.29, 1.82) is 0 Å². The average Bonchev–Trinajstić information content (AvgIpc) is 2.08. The van der Waals surface area contributed by atoms with Crippen molar-refractivity contribution in [3.8, 4) is 5.75 Å². The molecule has 0 saturated carbocycles. The van der Waals surface area contributed by atoms with E-state index in [1.807, 2.05) is 13.0 Å². The maximum Gasteiger partial charge on any atom is 0.186 e. The summed E-state index contributed by atoms with van der Waals surface area (Å²) < 4.78 is 4.89. The van der Waals surface area contributed by atoms with Crippen molar-refractivity contribution in [3.05, 3.63) is 29.3 Å². The standard InChI is InChI=1S/C10H12O3/c1-7-3-4-10(13-6-11)9(5-7)8(2)12/h3-5,11H,6H2,1-2H3. The van der Waals surface area contributed by atoms with Crippen LogP contribution in [0.5, 0.6) is 5.75 Å². The van der Waals surface area contributed by atoms with Crippen LogP contribution in [0.2, 0.25) is 0 Å². The first kappa shape index (κ1) is 9.74. The van der Waals surface area contributed by atoms with Gasteiger partial charge < -0.3 is 9.84 Å². The van der Waals surface area contributed by atoms with Crippen molar-refractivity contribution < 1.29 is 14.6 Å². The second-order valence-electron chi connectivity index (χ2n) is 2.83. The maximum absolute atomic E-state index is 11.1. The highest BCUT2D eigenvalue weighted by Gasteiger charge is 2.07. The topological polar surface area (TPSA) is 46.5 Å². The molecule has 70 valence electrons. The highest BCUT2D eigenvalue weighted by molar-refractivity contribution is 5.96. The number of ether oxygens (including phenoxy) is 1. The lowest BCUT2D eigenvalue weighted by atomic mass is 10.1. The normalized spacial score (nSPS) is 9.77. The molecule has 1 aromatic rings. The molecule has 3 heteroatoms. The number of aryl methyl sites for hydroxylation is 1. The predicted octanol–water partition coefficient (Wildman–Crippen LogP) is 1.53. The summed E-state index contributed by atoms with van der Waals surface area (Å²) in [5.41, 5.74) is 1.50. The number of rotatable bonds is 3. The van der Waals surface area contributed by atoms with Crippen LogP contribution in [0.1, 0.15) is 22.8 Å². The van der Waals surface area contributed by atoms with Gasteiger partial charge in [-0.1, -0.05) is 11.6 Å². The smallest absolute Gasteiger partial charge is 0.186 e. The molecule has 0 bridgehead atoms. The highest BCUT2D eigenvalue weighted by atomic mass is 16.6. The Bertz CT molecular complexity index is 318. The molecule has 0 aliphatic rings. The summed E-state index contributed by atoms with van der Waals surface area (Å²) in [5, 5.41) is 8.56. The van der Waals surface area contributed by atoms with Crippen molar-refractivity contribution in [3.63, 3.8) is 0 Å². The SMILES string of the molecule is CC(=O)c1cc(C)ccc1OCO. The summed E-state index contributed by atoms with van der Waals surface area (Å²) in [4.78, 5) is 11.1. The van der Waals surface area contributed by atoms with E-state index in [9.17, 15) is 4.79 Å². The number of carbonyl (C=O) groups is 1. The minimum atomic E-state index is -0.413. The molecule has 0 aliphatic heterocycles. The zero-order valence-electron chi connectivity index (χ0n) is 7.70. The van der Waals surface area contributed by atoms with Crippen LogP contribution >= 0.6 is 0 Å². The Morgan fingerprint density at radius 3 is 2.77 bits per heavy atom. The van der Waals surface area contributed by atoms with Crippen molar-refractivity contribution in [1.82, 2.24) is 0 Å².